The molecule has 0 radical (unpaired) electrons. The minimum absolute atomic E-state index is 0.106. The second-order valence-corrected chi connectivity index (χ2v) is 8.05. The van der Waals surface area contributed by atoms with Gasteiger partial charge in [-0.25, -0.2) is 8.42 Å². The zero-order valence-corrected chi connectivity index (χ0v) is 16.5. The summed E-state index contributed by atoms with van der Waals surface area (Å²) in [5.41, 5.74) is 0.927. The Hall–Kier alpha value is -2.09. The summed E-state index contributed by atoms with van der Waals surface area (Å²) in [5.74, 6) is 0.769. The van der Waals surface area contributed by atoms with Crippen LogP contribution in [0.25, 0.3) is 0 Å². The predicted octanol–water partition coefficient (Wildman–Crippen LogP) is 2.46. The van der Waals surface area contributed by atoms with E-state index < -0.39 is 10.0 Å². The van der Waals surface area contributed by atoms with Gasteiger partial charge in [-0.05, 0) is 31.8 Å². The van der Waals surface area contributed by atoms with Gasteiger partial charge >= 0.3 is 0 Å². The Morgan fingerprint density at radius 1 is 0.923 bits per heavy atom. The zero-order chi connectivity index (χ0) is 19.2. The third kappa shape index (κ3) is 4.97. The summed E-state index contributed by atoms with van der Waals surface area (Å²) in [7, 11) is 3.03. The first kappa shape index (κ1) is 20.2. The van der Waals surface area contributed by atoms with E-state index in [0.717, 1.165) is 5.56 Å². The van der Waals surface area contributed by atoms with Crippen molar-refractivity contribution in [3.05, 3.63) is 54.1 Å². The van der Waals surface area contributed by atoms with Gasteiger partial charge in [-0.2, -0.15) is 4.31 Å². The molecular formula is C19H26N2O4S. The number of hydrogen-bond donors (Lipinski definition) is 0. The van der Waals surface area contributed by atoms with E-state index in [0.29, 0.717) is 24.6 Å². The van der Waals surface area contributed by atoms with Crippen LogP contribution in [0.3, 0.4) is 0 Å². The van der Waals surface area contributed by atoms with Crippen LogP contribution in [-0.4, -0.2) is 59.0 Å². The molecule has 7 heteroatoms. The van der Waals surface area contributed by atoms with Crippen LogP contribution in [-0.2, 0) is 16.6 Å². The fraction of sp³-hybridized carbons (Fsp3) is 0.368. The molecule has 0 amide bonds. The van der Waals surface area contributed by atoms with E-state index >= 15 is 0 Å². The van der Waals surface area contributed by atoms with Crippen LogP contribution >= 0.6 is 0 Å². The number of methoxy groups -OCH3 is 2. The Balaban J connectivity index is 2.44. The van der Waals surface area contributed by atoms with E-state index in [4.69, 9.17) is 9.47 Å². The number of sulfonamides is 1. The van der Waals surface area contributed by atoms with Crippen LogP contribution in [0.15, 0.2) is 53.4 Å². The topological polar surface area (TPSA) is 59.1 Å². The van der Waals surface area contributed by atoms with E-state index in [-0.39, 0.29) is 11.4 Å². The summed E-state index contributed by atoms with van der Waals surface area (Å²) in [6.45, 7) is 1.26. The van der Waals surface area contributed by atoms with Gasteiger partial charge in [-0.15, -0.1) is 0 Å². The van der Waals surface area contributed by atoms with Gasteiger partial charge in [0.15, 0.2) is 0 Å². The first-order valence-electron chi connectivity index (χ1n) is 8.29. The fourth-order valence-electron chi connectivity index (χ4n) is 2.51. The van der Waals surface area contributed by atoms with Gasteiger partial charge in [-0.1, -0.05) is 30.3 Å². The van der Waals surface area contributed by atoms with Crippen molar-refractivity contribution in [2.45, 2.75) is 11.4 Å². The first-order valence-corrected chi connectivity index (χ1v) is 9.73. The number of ether oxygens (including phenoxy) is 2. The van der Waals surface area contributed by atoms with Gasteiger partial charge in [-0.3, -0.25) is 0 Å². The molecule has 0 saturated carbocycles. The number of hydrogen-bond acceptors (Lipinski definition) is 5. The van der Waals surface area contributed by atoms with Crippen LogP contribution in [0, 0.1) is 0 Å². The largest absolute Gasteiger partial charge is 0.497 e. The third-order valence-corrected chi connectivity index (χ3v) is 5.85. The Morgan fingerprint density at radius 3 is 2.19 bits per heavy atom. The van der Waals surface area contributed by atoms with Gasteiger partial charge in [0, 0.05) is 25.7 Å². The molecule has 0 fully saturated rings. The highest BCUT2D eigenvalue weighted by Crippen LogP contribution is 2.31. The number of likely N-dealkylation sites (N-methyl/N-ethyl adjacent to an activating group) is 1. The molecule has 0 aliphatic heterocycles. The Kier molecular flexibility index (Phi) is 7.02. The molecule has 26 heavy (non-hydrogen) atoms. The summed E-state index contributed by atoms with van der Waals surface area (Å²) in [6, 6.07) is 14.3. The molecule has 0 heterocycles. The first-order chi connectivity index (χ1) is 12.4. The average Bonchev–Trinajstić information content (AvgIpc) is 2.65. The lowest BCUT2D eigenvalue weighted by Crippen LogP contribution is -2.36. The van der Waals surface area contributed by atoms with Crippen molar-refractivity contribution in [2.75, 3.05) is 41.4 Å². The quantitative estimate of drug-likeness (QED) is 0.671. The van der Waals surface area contributed by atoms with Crippen molar-refractivity contribution in [3.63, 3.8) is 0 Å². The molecule has 6 nitrogen and oxygen atoms in total. The van der Waals surface area contributed by atoms with Crippen molar-refractivity contribution >= 4 is 10.0 Å². The molecule has 0 atom stereocenters. The van der Waals surface area contributed by atoms with Gasteiger partial charge < -0.3 is 14.4 Å². The van der Waals surface area contributed by atoms with Gasteiger partial charge in [0.1, 0.15) is 16.4 Å². The predicted molar refractivity (Wildman–Crippen MR) is 102 cm³/mol. The van der Waals surface area contributed by atoms with Gasteiger partial charge in [0.2, 0.25) is 10.0 Å². The second kappa shape index (κ2) is 9.02. The van der Waals surface area contributed by atoms with Crippen LogP contribution in [0.1, 0.15) is 5.56 Å². The molecule has 0 bridgehead atoms. The highest BCUT2D eigenvalue weighted by Gasteiger charge is 2.28. The number of nitrogens with zero attached hydrogens (tertiary/aromatic N) is 2. The number of rotatable bonds is 9. The molecule has 0 saturated heterocycles. The van der Waals surface area contributed by atoms with Crippen molar-refractivity contribution in [1.82, 2.24) is 9.21 Å². The average molecular weight is 378 g/mol. The zero-order valence-electron chi connectivity index (χ0n) is 15.7. The van der Waals surface area contributed by atoms with Crippen molar-refractivity contribution in [2.24, 2.45) is 0 Å². The molecule has 0 aromatic heterocycles. The molecule has 142 valence electrons. The molecule has 0 aliphatic carbocycles. The normalized spacial score (nSPS) is 11.8. The van der Waals surface area contributed by atoms with Crippen LogP contribution in [0.2, 0.25) is 0 Å². The van der Waals surface area contributed by atoms with E-state index in [1.807, 2.05) is 49.3 Å². The van der Waals surface area contributed by atoms with Crippen molar-refractivity contribution in [1.29, 1.82) is 0 Å². The van der Waals surface area contributed by atoms with Crippen LogP contribution in [0.4, 0.5) is 0 Å². The summed E-state index contributed by atoms with van der Waals surface area (Å²) in [6.07, 6.45) is 0. The van der Waals surface area contributed by atoms with Crippen molar-refractivity contribution in [3.8, 4) is 11.5 Å². The minimum Gasteiger partial charge on any atom is -0.497 e. The lowest BCUT2D eigenvalue weighted by atomic mass is 10.2. The molecule has 2 aromatic carbocycles. The molecular weight excluding hydrogens is 352 g/mol. The maximum absolute atomic E-state index is 13.4. The molecule has 0 spiro atoms. The Morgan fingerprint density at radius 2 is 1.62 bits per heavy atom. The van der Waals surface area contributed by atoms with E-state index in [2.05, 4.69) is 0 Å². The van der Waals surface area contributed by atoms with Crippen LogP contribution < -0.4 is 9.47 Å². The Bertz CT molecular complexity index is 808. The van der Waals surface area contributed by atoms with E-state index in [1.54, 1.807) is 12.1 Å². The lowest BCUT2D eigenvalue weighted by Gasteiger charge is -2.25. The molecule has 0 unspecified atom stereocenters. The minimum atomic E-state index is -3.77. The summed E-state index contributed by atoms with van der Waals surface area (Å²) in [4.78, 5) is 2.06. The summed E-state index contributed by atoms with van der Waals surface area (Å²) in [5, 5.41) is 0. The number of benzene rings is 2. The fourth-order valence-corrected chi connectivity index (χ4v) is 4.10. The third-order valence-electron chi connectivity index (χ3n) is 3.99. The Labute approximate surface area is 156 Å². The van der Waals surface area contributed by atoms with E-state index in [9.17, 15) is 8.42 Å². The molecule has 0 aliphatic rings. The maximum Gasteiger partial charge on any atom is 0.247 e. The summed E-state index contributed by atoms with van der Waals surface area (Å²) < 4.78 is 38.7. The molecule has 2 aromatic rings. The van der Waals surface area contributed by atoms with E-state index in [1.165, 1.54) is 24.6 Å². The highest BCUT2D eigenvalue weighted by molar-refractivity contribution is 7.89. The smallest absolute Gasteiger partial charge is 0.247 e. The van der Waals surface area contributed by atoms with Crippen LogP contribution in [0.5, 0.6) is 11.5 Å². The lowest BCUT2D eigenvalue weighted by molar-refractivity contribution is 0.327. The van der Waals surface area contributed by atoms with Crippen molar-refractivity contribution < 1.29 is 17.9 Å². The second-order valence-electron chi connectivity index (χ2n) is 6.14. The van der Waals surface area contributed by atoms with Gasteiger partial charge in [0.25, 0.3) is 0 Å². The maximum atomic E-state index is 13.4. The molecule has 0 N–H and O–H groups in total. The monoisotopic (exact) mass is 378 g/mol. The molecule has 2 rings (SSSR count). The SMILES string of the molecule is COc1ccc(OC)c(S(=O)(=O)N(CCN(C)C)Cc2ccccc2)c1. The standard InChI is InChI=1S/C19H26N2O4S/c1-20(2)12-13-21(15-16-8-6-5-7-9-16)26(22,23)19-14-17(24-3)10-11-18(19)25-4/h5-11,14H,12-13,15H2,1-4H3. The highest BCUT2D eigenvalue weighted by atomic mass is 32.2. The van der Waals surface area contributed by atoms with Gasteiger partial charge in [0.05, 0.1) is 14.2 Å². The summed E-state index contributed by atoms with van der Waals surface area (Å²) >= 11 is 0.